The molecule has 35 nitrogen and oxygen atoms in total. The van der Waals surface area contributed by atoms with Gasteiger partial charge in [-0.15, -0.1) is 0 Å². The molecule has 2 heterocycles. The summed E-state index contributed by atoms with van der Waals surface area (Å²) in [5.41, 5.74) is 1.42. The van der Waals surface area contributed by atoms with Gasteiger partial charge in [-0.2, -0.15) is 0 Å². The molecule has 17 atom stereocenters. The highest BCUT2D eigenvalue weighted by Crippen LogP contribution is 2.31. The number of rotatable bonds is 44. The lowest BCUT2D eigenvalue weighted by molar-refractivity contribution is -0.294. The monoisotopic (exact) mass is 1530 g/mol. The van der Waals surface area contributed by atoms with Crippen molar-refractivity contribution in [3.63, 3.8) is 0 Å². The number of anilines is 1. The molecule has 0 radical (unpaired) electrons. The van der Waals surface area contributed by atoms with Crippen molar-refractivity contribution in [2.24, 2.45) is 29.6 Å². The van der Waals surface area contributed by atoms with Gasteiger partial charge in [0.25, 0.3) is 0 Å². The molecular weight excluding hydrogens is 1410 g/mol. The summed E-state index contributed by atoms with van der Waals surface area (Å²) in [4.78, 5) is 176. The molecule has 11 amide bonds. The van der Waals surface area contributed by atoms with E-state index in [1.807, 2.05) is 13.8 Å². The number of aliphatic carboxylic acids is 2. The van der Waals surface area contributed by atoms with Gasteiger partial charge >= 0.3 is 18.0 Å². The van der Waals surface area contributed by atoms with Gasteiger partial charge in [-0.25, -0.2) is 9.59 Å². The lowest BCUT2D eigenvalue weighted by atomic mass is 9.89. The first-order valence-electron chi connectivity index (χ1n) is 36.8. The van der Waals surface area contributed by atoms with E-state index >= 15 is 0 Å². The Morgan fingerprint density at radius 3 is 1.90 bits per heavy atom. The highest BCUT2D eigenvalue weighted by atomic mass is 16.7. The lowest BCUT2D eigenvalue weighted by Crippen LogP contribution is -2.60. The summed E-state index contributed by atoms with van der Waals surface area (Å²) in [5, 5.41) is 79.4. The number of likely N-dealkylation sites (tertiary alicyclic amines) is 1. The molecule has 0 aliphatic carbocycles. The first kappa shape index (κ1) is 89.7. The van der Waals surface area contributed by atoms with E-state index in [-0.39, 0.29) is 69.5 Å². The van der Waals surface area contributed by atoms with Crippen LogP contribution < -0.4 is 42.5 Å². The average Bonchev–Trinajstić information content (AvgIpc) is 1.80. The minimum absolute atomic E-state index is 0.00297. The third-order valence-corrected chi connectivity index (χ3v) is 18.9. The molecule has 2 saturated heterocycles. The number of carboxylic acids is 2. The van der Waals surface area contributed by atoms with Crippen LogP contribution in [0.3, 0.4) is 0 Å². The molecule has 4 rings (SSSR count). The molecule has 0 aromatic heterocycles. The van der Waals surface area contributed by atoms with Crippen LogP contribution in [0.2, 0.25) is 0 Å². The van der Waals surface area contributed by atoms with Crippen molar-refractivity contribution >= 4 is 82.8 Å². The number of nitrogens with zero attached hydrogens (tertiary/aromatic N) is 3. The van der Waals surface area contributed by atoms with E-state index in [1.54, 1.807) is 90.7 Å². The maximum absolute atomic E-state index is 14.9. The SMILES string of the molecule is [3H]C(CC(=O)O)C(=O)NCC(=O)NCCC(=O)N[C@H](C(=O)N[C@@H](CO)C(=O)Nc1ccc(COC(=O)N(C)[C@H](C(=O)N[C@H](C(=O)N(C)[C@@H]([C@@H](C)CC)[C@@H](CC(=O)N2CCC[C@H]2[C@H](OC)[C@@H](C)C(=O)N[C@@H](Cc2ccccc2)C(=O)NCCCO[C@@H]2O[C@H](C(=O)O)[C@@H](O)[C@H](O)[C@H]2O)OC)C(C)C)C(C)C)cc1)C(C)C. The number of aliphatic hydroxyl groups excluding tert-OH is 4. The predicted molar refractivity (Wildman–Crippen MR) is 388 cm³/mol. The van der Waals surface area contributed by atoms with E-state index in [1.165, 1.54) is 50.4 Å². The van der Waals surface area contributed by atoms with Gasteiger partial charge in [0.15, 0.2) is 12.4 Å². The van der Waals surface area contributed by atoms with E-state index in [9.17, 15) is 87.9 Å². The maximum Gasteiger partial charge on any atom is 0.410 e. The van der Waals surface area contributed by atoms with Crippen molar-refractivity contribution in [2.45, 2.75) is 212 Å². The second kappa shape index (κ2) is 45.1. The van der Waals surface area contributed by atoms with Crippen molar-refractivity contribution in [2.75, 3.05) is 73.0 Å². The summed E-state index contributed by atoms with van der Waals surface area (Å²) in [5.74, 6) is -12.1. The fourth-order valence-electron chi connectivity index (χ4n) is 12.7. The second-order valence-electron chi connectivity index (χ2n) is 28.0. The molecule has 2 fully saturated rings. The van der Waals surface area contributed by atoms with Crippen molar-refractivity contribution in [1.82, 2.24) is 51.9 Å². The zero-order valence-corrected chi connectivity index (χ0v) is 63.7. The molecule has 2 aliphatic heterocycles. The highest BCUT2D eigenvalue weighted by molar-refractivity contribution is 5.99. The number of nitrogens with one attached hydrogen (secondary N) is 8. The minimum atomic E-state index is -1.90. The molecular formula is C73H113N11O24. The van der Waals surface area contributed by atoms with Crippen LogP contribution in [0.5, 0.6) is 0 Å². The largest absolute Gasteiger partial charge is 0.481 e. The summed E-state index contributed by atoms with van der Waals surface area (Å²) in [6.45, 7) is 13.9. The Morgan fingerprint density at radius 1 is 0.667 bits per heavy atom. The molecule has 35 heteroatoms. The van der Waals surface area contributed by atoms with Crippen LogP contribution >= 0.6 is 0 Å². The molecule has 108 heavy (non-hydrogen) atoms. The van der Waals surface area contributed by atoms with Gasteiger partial charge in [-0.3, -0.25) is 57.6 Å². The quantitative estimate of drug-likeness (QED) is 0.0373. The molecule has 604 valence electrons. The molecule has 0 bridgehead atoms. The number of aliphatic hydroxyl groups is 4. The van der Waals surface area contributed by atoms with Crippen LogP contribution in [0.25, 0.3) is 0 Å². The van der Waals surface area contributed by atoms with E-state index in [2.05, 4.69) is 42.5 Å². The van der Waals surface area contributed by atoms with Crippen LogP contribution in [0.15, 0.2) is 54.6 Å². The van der Waals surface area contributed by atoms with Crippen molar-refractivity contribution < 1.29 is 118 Å². The number of methoxy groups -OCH3 is 2. The Bertz CT molecular complexity index is 3360. The Labute approximate surface area is 630 Å². The van der Waals surface area contributed by atoms with E-state index < -0.39 is 206 Å². The highest BCUT2D eigenvalue weighted by Gasteiger charge is 2.48. The normalized spacial score (nSPS) is 20.3. The predicted octanol–water partition coefficient (Wildman–Crippen LogP) is -0.473. The van der Waals surface area contributed by atoms with Crippen LogP contribution in [0.1, 0.15) is 126 Å². The van der Waals surface area contributed by atoms with Crippen LogP contribution in [-0.2, 0) is 94.2 Å². The summed E-state index contributed by atoms with van der Waals surface area (Å²) < 4.78 is 35.9. The van der Waals surface area contributed by atoms with Gasteiger partial charge in [0, 0.05) is 74.2 Å². The molecule has 1 unspecified atom stereocenters. The van der Waals surface area contributed by atoms with Crippen LogP contribution in [0.4, 0.5) is 10.5 Å². The number of carbonyl (C=O) groups excluding carboxylic acids is 11. The third kappa shape index (κ3) is 27.6. The third-order valence-electron chi connectivity index (χ3n) is 18.9. The summed E-state index contributed by atoms with van der Waals surface area (Å²) in [6, 6.07) is 7.63. The lowest BCUT2D eigenvalue weighted by Gasteiger charge is -2.41. The van der Waals surface area contributed by atoms with Crippen LogP contribution in [-0.4, -0.2) is 275 Å². The molecule has 0 spiro atoms. The molecule has 2 aliphatic rings. The van der Waals surface area contributed by atoms with Gasteiger partial charge in [0.05, 0.1) is 62.8 Å². The molecule has 2 aromatic rings. The van der Waals surface area contributed by atoms with Gasteiger partial charge in [-0.1, -0.05) is 111 Å². The number of carboxylic acid groups (broad SMARTS) is 2. The molecule has 2 aromatic carbocycles. The van der Waals surface area contributed by atoms with E-state index in [0.29, 0.717) is 31.4 Å². The van der Waals surface area contributed by atoms with Crippen molar-refractivity contribution in [3.8, 4) is 0 Å². The van der Waals surface area contributed by atoms with E-state index in [4.69, 9.17) is 30.2 Å². The number of ether oxygens (including phenoxy) is 5. The first-order chi connectivity index (χ1) is 51.4. The maximum atomic E-state index is 14.9. The minimum Gasteiger partial charge on any atom is -0.481 e. The number of likely N-dealkylation sites (N-methyl/N-ethyl adjacent to an activating group) is 2. The fourth-order valence-corrected chi connectivity index (χ4v) is 12.7. The zero-order chi connectivity index (χ0) is 81.7. The number of hydrogen-bond acceptors (Lipinski definition) is 22. The number of benzene rings is 2. The standard InChI is InChI=1S/C73H113N11O24/c1-14-42(8)59(50(104-12)35-54(89)84-32-18-22-49(84)63(105-13)43(9)65(95)78-47(34-44-20-16-15-17-21-44)66(96)75-30-19-33-106-72-62(94)60(92)61(93)64(108-72)71(101)102)82(10)70(100)57(40(4)5)81-69(99)58(41(6)7)83(11)73(103)107-38-45-23-25-46(26-24-45)77-67(97)48(37-85)79-68(98)56(39(2)3)80-52(87)29-31-74-53(88)36-76-51(86)27-28-55(90)91/h15-17,20-21,23-26,39-43,47-50,56-64,72,85,92-94H,14,18-19,22,27-38H2,1-13H3,(H,74,88)(H,75,96)(H,76,86)(H,77,97)(H,78,95)(H,79,98)(H,80,87)(H,81,99)(H,90,91)(H,101,102)/t42-,43+,47-,48-,49-,50+,56-,57-,58-,59-,60-,61-,62+,63+,64-,72+/m0/s1/i27T/t27?,42-,43+,47-,48-,49-,50+,56-,57-,58-,59-,60-,61-,62+,63+,64-,72+. The van der Waals surface area contributed by atoms with Crippen molar-refractivity contribution in [3.05, 3.63) is 65.7 Å². The number of amides is 11. The van der Waals surface area contributed by atoms with Gasteiger partial charge in [0.2, 0.25) is 59.1 Å². The summed E-state index contributed by atoms with van der Waals surface area (Å²) >= 11 is 0. The van der Waals surface area contributed by atoms with Crippen molar-refractivity contribution in [1.29, 1.82) is 0 Å². The van der Waals surface area contributed by atoms with Gasteiger partial charge in [0.1, 0.15) is 55.1 Å². The first-order valence-corrected chi connectivity index (χ1v) is 36.2. The Kier molecular flexibility index (Phi) is 37.4. The zero-order valence-electron chi connectivity index (χ0n) is 64.7. The topological polar surface area (TPSA) is 495 Å². The summed E-state index contributed by atoms with van der Waals surface area (Å²) in [6.07, 6.45) is -12.6. The Hall–Kier alpha value is -8.97. The summed E-state index contributed by atoms with van der Waals surface area (Å²) in [7, 11) is 5.85. The smallest absolute Gasteiger partial charge is 0.410 e. The van der Waals surface area contributed by atoms with Gasteiger partial charge < -0.3 is 107 Å². The number of carbonyl (C=O) groups is 13. The molecule has 0 saturated carbocycles. The average molecular weight is 1530 g/mol. The molecule has 14 N–H and O–H groups in total. The van der Waals surface area contributed by atoms with E-state index in [0.717, 1.165) is 10.5 Å². The fraction of sp³-hybridized carbons (Fsp3) is 0.658. The van der Waals surface area contributed by atoms with Gasteiger partial charge in [-0.05, 0) is 66.2 Å². The number of hydrogen-bond donors (Lipinski definition) is 14. The van der Waals surface area contributed by atoms with Crippen LogP contribution in [0, 0.1) is 29.6 Å². The Morgan fingerprint density at radius 2 is 1.31 bits per heavy atom. The second-order valence-corrected chi connectivity index (χ2v) is 28.0. The Balaban J connectivity index is 1.35.